The zero-order valence-electron chi connectivity index (χ0n) is 12.0. The number of carboxylic acid groups (broad SMARTS) is 1. The normalized spacial score (nSPS) is 21.1. The molecule has 1 saturated heterocycles. The molecule has 5 heteroatoms. The van der Waals surface area contributed by atoms with Crippen molar-refractivity contribution in [3.05, 3.63) is 34.9 Å². The molecule has 5 nitrogen and oxygen atoms in total. The number of aliphatic carboxylic acids is 1. The molecule has 2 N–H and O–H groups in total. The third kappa shape index (κ3) is 2.93. The van der Waals surface area contributed by atoms with Crippen molar-refractivity contribution in [2.45, 2.75) is 25.8 Å². The molecule has 0 aromatic heterocycles. The molecular formula is C16H20N2O3. The number of amides is 1. The van der Waals surface area contributed by atoms with Crippen LogP contribution in [-0.2, 0) is 17.8 Å². The average molecular weight is 288 g/mol. The lowest BCUT2D eigenvalue weighted by molar-refractivity contribution is -0.138. The van der Waals surface area contributed by atoms with Crippen LogP contribution in [-0.4, -0.2) is 41.5 Å². The number of nitrogens with zero attached hydrogens (tertiary/aromatic N) is 1. The summed E-state index contributed by atoms with van der Waals surface area (Å²) in [5.41, 5.74) is 3.15. The smallest absolute Gasteiger partial charge is 0.303 e. The highest BCUT2D eigenvalue weighted by Gasteiger charge is 2.29. The second-order valence-electron chi connectivity index (χ2n) is 5.87. The number of benzene rings is 1. The first-order valence-corrected chi connectivity index (χ1v) is 7.47. The van der Waals surface area contributed by atoms with E-state index in [4.69, 9.17) is 5.11 Å². The molecule has 2 heterocycles. The van der Waals surface area contributed by atoms with Crippen LogP contribution in [0, 0.1) is 5.92 Å². The van der Waals surface area contributed by atoms with Crippen LogP contribution in [0.15, 0.2) is 18.2 Å². The number of likely N-dealkylation sites (tertiary alicyclic amines) is 1. The topological polar surface area (TPSA) is 69.6 Å². The number of carbonyl (C=O) groups excluding carboxylic acids is 1. The van der Waals surface area contributed by atoms with E-state index >= 15 is 0 Å². The molecule has 1 unspecified atom stereocenters. The Morgan fingerprint density at radius 2 is 2.24 bits per heavy atom. The second kappa shape index (κ2) is 5.85. The molecule has 3 rings (SSSR count). The molecule has 1 atom stereocenters. The lowest BCUT2D eigenvalue weighted by Gasteiger charge is -2.23. The fourth-order valence-corrected chi connectivity index (χ4v) is 3.33. The van der Waals surface area contributed by atoms with Gasteiger partial charge in [-0.05, 0) is 42.5 Å². The molecule has 21 heavy (non-hydrogen) atoms. The number of fused-ring (bicyclic) bond motifs is 1. The van der Waals surface area contributed by atoms with Gasteiger partial charge in [-0.2, -0.15) is 0 Å². The van der Waals surface area contributed by atoms with E-state index in [2.05, 4.69) is 11.4 Å². The van der Waals surface area contributed by atoms with Crippen molar-refractivity contribution in [3.63, 3.8) is 0 Å². The zero-order valence-corrected chi connectivity index (χ0v) is 12.0. The predicted molar refractivity (Wildman–Crippen MR) is 78.1 cm³/mol. The first kappa shape index (κ1) is 14.1. The van der Waals surface area contributed by atoms with Crippen molar-refractivity contribution in [2.24, 2.45) is 5.92 Å². The molecule has 1 amide bonds. The molecule has 1 aromatic carbocycles. The number of hydrogen-bond donors (Lipinski definition) is 2. The highest BCUT2D eigenvalue weighted by Crippen LogP contribution is 2.25. The Bertz CT molecular complexity index is 571. The van der Waals surface area contributed by atoms with Crippen molar-refractivity contribution in [2.75, 3.05) is 19.6 Å². The minimum absolute atomic E-state index is 0.0571. The summed E-state index contributed by atoms with van der Waals surface area (Å²) in [5, 5.41) is 12.2. The van der Waals surface area contributed by atoms with Crippen molar-refractivity contribution >= 4 is 11.9 Å². The molecular weight excluding hydrogens is 268 g/mol. The maximum atomic E-state index is 12.7. The van der Waals surface area contributed by atoms with Crippen molar-refractivity contribution in [3.8, 4) is 0 Å². The van der Waals surface area contributed by atoms with Crippen LogP contribution in [0.2, 0.25) is 0 Å². The van der Waals surface area contributed by atoms with Gasteiger partial charge < -0.3 is 15.3 Å². The van der Waals surface area contributed by atoms with Gasteiger partial charge in [0.2, 0.25) is 0 Å². The number of carboxylic acids is 1. The van der Waals surface area contributed by atoms with Crippen LogP contribution < -0.4 is 5.32 Å². The summed E-state index contributed by atoms with van der Waals surface area (Å²) in [6.07, 6.45) is 1.82. The summed E-state index contributed by atoms with van der Waals surface area (Å²) in [5.74, 6) is -0.633. The Morgan fingerprint density at radius 1 is 1.38 bits per heavy atom. The number of hydrogen-bond acceptors (Lipinski definition) is 3. The average Bonchev–Trinajstić information content (AvgIpc) is 2.93. The Balaban J connectivity index is 1.76. The van der Waals surface area contributed by atoms with Crippen molar-refractivity contribution in [1.82, 2.24) is 10.2 Å². The minimum atomic E-state index is -0.780. The number of nitrogens with one attached hydrogen (secondary N) is 1. The minimum Gasteiger partial charge on any atom is -0.481 e. The van der Waals surface area contributed by atoms with Gasteiger partial charge in [0.1, 0.15) is 0 Å². The van der Waals surface area contributed by atoms with Crippen molar-refractivity contribution < 1.29 is 14.7 Å². The highest BCUT2D eigenvalue weighted by atomic mass is 16.4. The van der Waals surface area contributed by atoms with E-state index in [1.807, 2.05) is 17.0 Å². The monoisotopic (exact) mass is 288 g/mol. The summed E-state index contributed by atoms with van der Waals surface area (Å²) >= 11 is 0. The van der Waals surface area contributed by atoms with Crippen LogP contribution >= 0.6 is 0 Å². The molecule has 0 spiro atoms. The first-order chi connectivity index (χ1) is 10.1. The van der Waals surface area contributed by atoms with Crippen LogP contribution in [0.1, 0.15) is 34.3 Å². The second-order valence-corrected chi connectivity index (χ2v) is 5.87. The lowest BCUT2D eigenvalue weighted by atomic mass is 9.95. The van der Waals surface area contributed by atoms with Crippen LogP contribution in [0.25, 0.3) is 0 Å². The Morgan fingerprint density at radius 3 is 3.05 bits per heavy atom. The van der Waals surface area contributed by atoms with Gasteiger partial charge in [-0.25, -0.2) is 0 Å². The third-order valence-electron chi connectivity index (χ3n) is 4.41. The molecule has 2 aliphatic rings. The fourth-order valence-electron chi connectivity index (χ4n) is 3.33. The summed E-state index contributed by atoms with van der Waals surface area (Å²) in [7, 11) is 0. The lowest BCUT2D eigenvalue weighted by Crippen LogP contribution is -2.32. The molecule has 1 fully saturated rings. The molecule has 0 saturated carbocycles. The standard InChI is InChI=1S/C16H20N2O3/c19-15(20)8-11-5-7-18(10-11)16(21)14-3-1-2-12-9-17-6-4-13(12)14/h1-3,11,17H,4-10H2,(H,19,20). The Kier molecular flexibility index (Phi) is 3.92. The molecule has 2 aliphatic heterocycles. The van der Waals surface area contributed by atoms with Gasteiger partial charge in [-0.1, -0.05) is 12.1 Å². The molecule has 0 aliphatic carbocycles. The maximum Gasteiger partial charge on any atom is 0.303 e. The van der Waals surface area contributed by atoms with E-state index in [0.717, 1.165) is 37.1 Å². The van der Waals surface area contributed by atoms with Gasteiger partial charge in [0.05, 0.1) is 0 Å². The van der Waals surface area contributed by atoms with E-state index in [-0.39, 0.29) is 18.2 Å². The van der Waals surface area contributed by atoms with E-state index < -0.39 is 5.97 Å². The van der Waals surface area contributed by atoms with Gasteiger partial charge in [0.15, 0.2) is 0 Å². The Hall–Kier alpha value is -1.88. The van der Waals surface area contributed by atoms with Gasteiger partial charge >= 0.3 is 5.97 Å². The van der Waals surface area contributed by atoms with E-state index in [0.29, 0.717) is 13.1 Å². The quantitative estimate of drug-likeness (QED) is 0.879. The molecule has 0 radical (unpaired) electrons. The molecule has 112 valence electrons. The van der Waals surface area contributed by atoms with E-state index in [1.165, 1.54) is 5.56 Å². The maximum absolute atomic E-state index is 12.7. The highest BCUT2D eigenvalue weighted by molar-refractivity contribution is 5.96. The van der Waals surface area contributed by atoms with Gasteiger partial charge in [0.25, 0.3) is 5.91 Å². The third-order valence-corrected chi connectivity index (χ3v) is 4.41. The van der Waals surface area contributed by atoms with E-state index in [1.54, 1.807) is 0 Å². The van der Waals surface area contributed by atoms with Gasteiger partial charge in [0, 0.05) is 31.6 Å². The molecule has 1 aromatic rings. The summed E-state index contributed by atoms with van der Waals surface area (Å²) in [4.78, 5) is 25.3. The Labute approximate surface area is 123 Å². The predicted octanol–water partition coefficient (Wildman–Crippen LogP) is 1.27. The van der Waals surface area contributed by atoms with Gasteiger partial charge in [-0.3, -0.25) is 9.59 Å². The summed E-state index contributed by atoms with van der Waals surface area (Å²) in [6.45, 7) is 2.95. The molecule has 0 bridgehead atoms. The number of carbonyl (C=O) groups is 2. The van der Waals surface area contributed by atoms with Gasteiger partial charge in [-0.15, -0.1) is 0 Å². The van der Waals surface area contributed by atoms with Crippen LogP contribution in [0.4, 0.5) is 0 Å². The van der Waals surface area contributed by atoms with E-state index in [9.17, 15) is 9.59 Å². The summed E-state index contributed by atoms with van der Waals surface area (Å²) in [6, 6.07) is 5.90. The van der Waals surface area contributed by atoms with Crippen LogP contribution in [0.5, 0.6) is 0 Å². The van der Waals surface area contributed by atoms with Crippen LogP contribution in [0.3, 0.4) is 0 Å². The zero-order chi connectivity index (χ0) is 14.8. The number of rotatable bonds is 3. The largest absolute Gasteiger partial charge is 0.481 e. The summed E-state index contributed by atoms with van der Waals surface area (Å²) < 4.78 is 0. The SMILES string of the molecule is O=C(O)CC1CCN(C(=O)c2cccc3c2CCNC3)C1. The first-order valence-electron chi connectivity index (χ1n) is 7.47. The fraction of sp³-hybridized carbons (Fsp3) is 0.500. The van der Waals surface area contributed by atoms with Crippen molar-refractivity contribution in [1.29, 1.82) is 0 Å².